The van der Waals surface area contributed by atoms with E-state index in [1.807, 2.05) is 6.92 Å². The van der Waals surface area contributed by atoms with Crippen LogP contribution < -0.4 is 10.1 Å². The lowest BCUT2D eigenvalue weighted by Crippen LogP contribution is -2.39. The van der Waals surface area contributed by atoms with Gasteiger partial charge in [-0.2, -0.15) is 0 Å². The summed E-state index contributed by atoms with van der Waals surface area (Å²) in [4.78, 5) is 37.5. The van der Waals surface area contributed by atoms with Gasteiger partial charge in [0, 0.05) is 47.6 Å². The molecular weight excluding hydrogens is 441 g/mol. The Hall–Kier alpha value is -4.27. The van der Waals surface area contributed by atoms with E-state index in [0.717, 1.165) is 0 Å². The molecule has 2 amide bonds. The minimum Gasteiger partial charge on any atom is -0.480 e. The fourth-order valence-corrected chi connectivity index (χ4v) is 3.75. The van der Waals surface area contributed by atoms with Crippen molar-refractivity contribution in [3.63, 3.8) is 0 Å². The maximum Gasteiger partial charge on any atom is 0.269 e. The Labute approximate surface area is 195 Å². The molecule has 1 N–H and O–H groups in total. The van der Waals surface area contributed by atoms with Crippen molar-refractivity contribution < 1.29 is 23.6 Å². The Bertz CT molecular complexity index is 1250. The van der Waals surface area contributed by atoms with Gasteiger partial charge < -0.3 is 15.0 Å². The summed E-state index contributed by atoms with van der Waals surface area (Å²) in [6.45, 7) is 2.11. The van der Waals surface area contributed by atoms with Gasteiger partial charge in [0.1, 0.15) is 11.6 Å². The molecule has 0 aromatic heterocycles. The number of ether oxygens (including phenoxy) is 1. The molecule has 174 valence electrons. The average Bonchev–Trinajstić information content (AvgIpc) is 2.96. The van der Waals surface area contributed by atoms with Gasteiger partial charge in [-0.25, -0.2) is 4.39 Å². The third kappa shape index (κ3) is 4.88. The molecule has 0 radical (unpaired) electrons. The number of benzene rings is 3. The quantitative estimate of drug-likeness (QED) is 0.422. The highest BCUT2D eigenvalue weighted by Crippen LogP contribution is 2.30. The van der Waals surface area contributed by atoms with Gasteiger partial charge in [0.2, 0.25) is 0 Å². The molecule has 0 aliphatic carbocycles. The van der Waals surface area contributed by atoms with E-state index < -0.39 is 22.8 Å². The van der Waals surface area contributed by atoms with Gasteiger partial charge in [0.05, 0.1) is 4.92 Å². The normalized spacial score (nSPS) is 15.2. The summed E-state index contributed by atoms with van der Waals surface area (Å²) in [6, 6.07) is 16.6. The number of nitrogens with zero attached hydrogens (tertiary/aromatic N) is 2. The topological polar surface area (TPSA) is 102 Å². The lowest BCUT2D eigenvalue weighted by atomic mass is 10.1. The van der Waals surface area contributed by atoms with E-state index in [-0.39, 0.29) is 30.2 Å². The van der Waals surface area contributed by atoms with Crippen molar-refractivity contribution >= 4 is 23.2 Å². The summed E-state index contributed by atoms with van der Waals surface area (Å²) >= 11 is 0. The molecule has 0 saturated heterocycles. The molecular formula is C25H22FN3O5. The highest BCUT2D eigenvalue weighted by molar-refractivity contribution is 6.04. The Morgan fingerprint density at radius 1 is 1.18 bits per heavy atom. The van der Waals surface area contributed by atoms with Gasteiger partial charge in [-0.1, -0.05) is 25.1 Å². The number of anilines is 1. The van der Waals surface area contributed by atoms with Crippen molar-refractivity contribution in [3.8, 4) is 5.75 Å². The first-order valence-electron chi connectivity index (χ1n) is 10.7. The zero-order valence-corrected chi connectivity index (χ0v) is 18.4. The van der Waals surface area contributed by atoms with Crippen LogP contribution in [0.25, 0.3) is 0 Å². The molecule has 1 heterocycles. The van der Waals surface area contributed by atoms with Crippen LogP contribution in [-0.4, -0.2) is 27.7 Å². The number of hydrogen-bond acceptors (Lipinski definition) is 5. The predicted molar refractivity (Wildman–Crippen MR) is 123 cm³/mol. The number of non-ortho nitro benzene ring substituents is 1. The lowest BCUT2D eigenvalue weighted by Gasteiger charge is -2.23. The summed E-state index contributed by atoms with van der Waals surface area (Å²) in [5.74, 6) is -0.545. The molecule has 8 nitrogen and oxygen atoms in total. The number of carbonyl (C=O) groups is 2. The van der Waals surface area contributed by atoms with Crippen molar-refractivity contribution in [1.82, 2.24) is 4.90 Å². The van der Waals surface area contributed by atoms with Crippen molar-refractivity contribution in [2.45, 2.75) is 32.5 Å². The van der Waals surface area contributed by atoms with Crippen LogP contribution in [0.15, 0.2) is 66.7 Å². The van der Waals surface area contributed by atoms with Crippen LogP contribution in [0.5, 0.6) is 5.75 Å². The fraction of sp³-hybridized carbons (Fsp3) is 0.200. The summed E-state index contributed by atoms with van der Waals surface area (Å²) in [5, 5.41) is 13.6. The largest absolute Gasteiger partial charge is 0.480 e. The number of halogens is 1. The molecule has 0 spiro atoms. The molecule has 3 aromatic rings. The van der Waals surface area contributed by atoms with Crippen molar-refractivity contribution in [3.05, 3.63) is 99.4 Å². The summed E-state index contributed by atoms with van der Waals surface area (Å²) in [5.41, 5.74) is 1.70. The second kappa shape index (κ2) is 9.70. The van der Waals surface area contributed by atoms with Crippen LogP contribution in [-0.2, 0) is 17.9 Å². The molecule has 1 atom stereocenters. The number of rotatable bonds is 6. The van der Waals surface area contributed by atoms with Gasteiger partial charge in [-0.15, -0.1) is 0 Å². The number of fused-ring (bicyclic) bond motifs is 1. The highest BCUT2D eigenvalue weighted by Gasteiger charge is 2.30. The number of nitro benzene ring substituents is 1. The zero-order chi connectivity index (χ0) is 24.2. The third-order valence-corrected chi connectivity index (χ3v) is 5.57. The molecule has 4 rings (SSSR count). The summed E-state index contributed by atoms with van der Waals surface area (Å²) in [7, 11) is 0. The fourth-order valence-electron chi connectivity index (χ4n) is 3.75. The smallest absolute Gasteiger partial charge is 0.269 e. The van der Waals surface area contributed by atoms with Gasteiger partial charge >= 0.3 is 0 Å². The molecule has 1 aliphatic rings. The second-order valence-corrected chi connectivity index (χ2v) is 7.88. The zero-order valence-electron chi connectivity index (χ0n) is 18.4. The molecule has 9 heteroatoms. The van der Waals surface area contributed by atoms with E-state index in [1.165, 1.54) is 30.3 Å². The third-order valence-electron chi connectivity index (χ3n) is 5.57. The van der Waals surface area contributed by atoms with Crippen LogP contribution in [0.4, 0.5) is 15.8 Å². The van der Waals surface area contributed by atoms with E-state index in [2.05, 4.69) is 5.32 Å². The Kier molecular flexibility index (Phi) is 6.53. The van der Waals surface area contributed by atoms with Crippen molar-refractivity contribution in [1.29, 1.82) is 0 Å². The number of nitrogens with one attached hydrogen (secondary N) is 1. The first kappa shape index (κ1) is 22.9. The van der Waals surface area contributed by atoms with Gasteiger partial charge in [-0.05, 0) is 42.8 Å². The van der Waals surface area contributed by atoms with Crippen LogP contribution in [0.2, 0.25) is 0 Å². The van der Waals surface area contributed by atoms with Crippen LogP contribution in [0.3, 0.4) is 0 Å². The molecule has 1 aliphatic heterocycles. The minimum atomic E-state index is -0.700. The molecule has 0 saturated carbocycles. The average molecular weight is 463 g/mol. The molecule has 3 aromatic carbocycles. The maximum atomic E-state index is 14.2. The molecule has 0 bridgehead atoms. The Morgan fingerprint density at radius 2 is 1.91 bits per heavy atom. The van der Waals surface area contributed by atoms with E-state index in [4.69, 9.17) is 4.74 Å². The van der Waals surface area contributed by atoms with E-state index in [1.54, 1.807) is 41.3 Å². The first-order chi connectivity index (χ1) is 16.4. The van der Waals surface area contributed by atoms with Crippen molar-refractivity contribution in [2.24, 2.45) is 0 Å². The minimum absolute atomic E-state index is 0.0875. The van der Waals surface area contributed by atoms with Gasteiger partial charge in [0.25, 0.3) is 17.5 Å². The lowest BCUT2D eigenvalue weighted by molar-refractivity contribution is -0.384. The Balaban J connectivity index is 1.57. The number of hydrogen-bond donors (Lipinski definition) is 1. The maximum absolute atomic E-state index is 14.2. The monoisotopic (exact) mass is 463 g/mol. The SMILES string of the molecule is CCC1Oc2ccc(NC(=O)c3ccc([N+](=O)[O-])cc3)cc2CN(Cc2ccccc2F)C1=O. The predicted octanol–water partition coefficient (Wildman–Crippen LogP) is 4.69. The second-order valence-electron chi connectivity index (χ2n) is 7.88. The van der Waals surface area contributed by atoms with Crippen LogP contribution in [0, 0.1) is 15.9 Å². The van der Waals surface area contributed by atoms with Crippen LogP contribution >= 0.6 is 0 Å². The first-order valence-corrected chi connectivity index (χ1v) is 10.7. The number of nitro groups is 1. The highest BCUT2D eigenvalue weighted by atomic mass is 19.1. The van der Waals surface area contributed by atoms with E-state index >= 15 is 0 Å². The molecule has 0 fully saturated rings. The Morgan fingerprint density at radius 3 is 2.59 bits per heavy atom. The van der Waals surface area contributed by atoms with Crippen LogP contribution in [0.1, 0.15) is 34.8 Å². The van der Waals surface area contributed by atoms with Gasteiger partial charge in [-0.3, -0.25) is 19.7 Å². The number of carbonyl (C=O) groups excluding carboxylic acids is 2. The van der Waals surface area contributed by atoms with Gasteiger partial charge in [0.15, 0.2) is 6.10 Å². The standard InChI is InChI=1S/C25H22FN3O5/c1-2-22-25(31)28(14-17-5-3-4-6-21(17)26)15-18-13-19(9-12-23(18)34-22)27-24(30)16-7-10-20(11-8-16)29(32)33/h3-13,22H,2,14-15H2,1H3,(H,27,30). The number of amides is 2. The van der Waals surface area contributed by atoms with E-state index in [9.17, 15) is 24.1 Å². The van der Waals surface area contributed by atoms with Crippen molar-refractivity contribution in [2.75, 3.05) is 5.32 Å². The molecule has 34 heavy (non-hydrogen) atoms. The molecule has 1 unspecified atom stereocenters. The van der Waals surface area contributed by atoms with E-state index in [0.29, 0.717) is 29.0 Å². The summed E-state index contributed by atoms with van der Waals surface area (Å²) < 4.78 is 20.2. The summed E-state index contributed by atoms with van der Waals surface area (Å²) in [6.07, 6.45) is -0.251.